The van der Waals surface area contributed by atoms with Crippen LogP contribution in [0, 0.1) is 6.92 Å². The zero-order valence-electron chi connectivity index (χ0n) is 15.0. The number of carbonyl (C=O) groups is 1. The Morgan fingerprint density at radius 1 is 1.04 bits per heavy atom. The van der Waals surface area contributed by atoms with E-state index in [2.05, 4.69) is 4.98 Å². The van der Waals surface area contributed by atoms with Crippen LogP contribution in [-0.2, 0) is 11.3 Å². The average Bonchev–Trinajstić information content (AvgIpc) is 3.06. The fourth-order valence-corrected chi connectivity index (χ4v) is 3.36. The van der Waals surface area contributed by atoms with Crippen LogP contribution in [0.3, 0.4) is 0 Å². The Bertz CT molecular complexity index is 909. The van der Waals surface area contributed by atoms with E-state index in [0.29, 0.717) is 6.54 Å². The molecule has 1 aliphatic heterocycles. The number of benzene rings is 2. The largest absolute Gasteiger partial charge is 0.457 e. The Morgan fingerprint density at radius 2 is 1.77 bits per heavy atom. The smallest absolute Gasteiger partial charge is 0.242 e. The first-order chi connectivity index (χ1) is 12.7. The number of carbonyl (C=O) groups excluding carboxylic acids is 1. The third kappa shape index (κ3) is 3.57. The molecule has 0 saturated carbocycles. The summed E-state index contributed by atoms with van der Waals surface area (Å²) in [5.41, 5.74) is 2.98. The molecular formula is C21H23N3O2. The number of hydrogen-bond donors (Lipinski definition) is 0. The Balaban J connectivity index is 1.49. The molecule has 1 aliphatic rings. The van der Waals surface area contributed by atoms with Gasteiger partial charge in [-0.1, -0.05) is 17.7 Å². The number of rotatable bonds is 4. The summed E-state index contributed by atoms with van der Waals surface area (Å²) in [6.45, 7) is 4.14. The fourth-order valence-electron chi connectivity index (χ4n) is 3.36. The molecule has 0 unspecified atom stereocenters. The van der Waals surface area contributed by atoms with Crippen molar-refractivity contribution in [2.24, 2.45) is 0 Å². The van der Waals surface area contributed by atoms with Gasteiger partial charge in [-0.15, -0.1) is 0 Å². The Kier molecular flexibility index (Phi) is 4.61. The predicted octanol–water partition coefficient (Wildman–Crippen LogP) is 4.15. The van der Waals surface area contributed by atoms with Crippen LogP contribution in [0.2, 0.25) is 0 Å². The number of hydrogen-bond acceptors (Lipinski definition) is 3. The highest BCUT2D eigenvalue weighted by atomic mass is 16.5. The molecule has 26 heavy (non-hydrogen) atoms. The van der Waals surface area contributed by atoms with Gasteiger partial charge in [0.1, 0.15) is 18.0 Å². The maximum atomic E-state index is 12.5. The zero-order valence-corrected chi connectivity index (χ0v) is 15.0. The molecule has 0 N–H and O–H groups in total. The summed E-state index contributed by atoms with van der Waals surface area (Å²) >= 11 is 0. The van der Waals surface area contributed by atoms with Crippen molar-refractivity contribution in [3.8, 4) is 11.5 Å². The summed E-state index contributed by atoms with van der Waals surface area (Å²) in [6.07, 6.45) is 5.18. The topological polar surface area (TPSA) is 47.4 Å². The van der Waals surface area contributed by atoms with Crippen molar-refractivity contribution in [1.29, 1.82) is 0 Å². The number of ether oxygens (including phenoxy) is 1. The van der Waals surface area contributed by atoms with Gasteiger partial charge in [-0.3, -0.25) is 4.79 Å². The van der Waals surface area contributed by atoms with Crippen molar-refractivity contribution in [2.75, 3.05) is 13.1 Å². The molecule has 1 saturated heterocycles. The standard InChI is InChI=1S/C21H23N3O2/c1-16-5-7-17(8-6-16)26-18-9-10-20-19(13-18)22-15-24(20)14-21(25)23-11-3-2-4-12-23/h5-10,13,15H,2-4,11-12,14H2,1H3. The highest BCUT2D eigenvalue weighted by Gasteiger charge is 2.17. The lowest BCUT2D eigenvalue weighted by molar-refractivity contribution is -0.132. The van der Waals surface area contributed by atoms with Crippen molar-refractivity contribution in [2.45, 2.75) is 32.7 Å². The van der Waals surface area contributed by atoms with Crippen molar-refractivity contribution in [3.63, 3.8) is 0 Å². The van der Waals surface area contributed by atoms with Crippen molar-refractivity contribution in [1.82, 2.24) is 14.5 Å². The summed E-state index contributed by atoms with van der Waals surface area (Å²) < 4.78 is 7.82. The molecule has 1 aromatic heterocycles. The molecule has 0 spiro atoms. The number of amides is 1. The number of nitrogens with zero attached hydrogens (tertiary/aromatic N) is 3. The van der Waals surface area contributed by atoms with E-state index in [4.69, 9.17) is 4.74 Å². The molecule has 4 rings (SSSR count). The Labute approximate surface area is 153 Å². The van der Waals surface area contributed by atoms with E-state index in [1.807, 2.05) is 58.9 Å². The van der Waals surface area contributed by atoms with Gasteiger partial charge >= 0.3 is 0 Å². The second-order valence-corrected chi connectivity index (χ2v) is 6.88. The van der Waals surface area contributed by atoms with Crippen LogP contribution in [0.4, 0.5) is 0 Å². The lowest BCUT2D eigenvalue weighted by Gasteiger charge is -2.26. The molecule has 0 aliphatic carbocycles. The summed E-state index contributed by atoms with van der Waals surface area (Å²) in [7, 11) is 0. The van der Waals surface area contributed by atoms with E-state index in [1.165, 1.54) is 12.0 Å². The lowest BCUT2D eigenvalue weighted by Crippen LogP contribution is -2.37. The van der Waals surface area contributed by atoms with Gasteiger partial charge in [0.05, 0.1) is 17.4 Å². The van der Waals surface area contributed by atoms with Crippen molar-refractivity contribution >= 4 is 16.9 Å². The number of fused-ring (bicyclic) bond motifs is 1. The van der Waals surface area contributed by atoms with Crippen molar-refractivity contribution in [3.05, 3.63) is 54.4 Å². The summed E-state index contributed by atoms with van der Waals surface area (Å²) in [5.74, 6) is 1.72. The first kappa shape index (κ1) is 16.6. The third-order valence-corrected chi connectivity index (χ3v) is 4.86. The second kappa shape index (κ2) is 7.20. The first-order valence-corrected chi connectivity index (χ1v) is 9.16. The molecule has 1 fully saturated rings. The molecule has 3 aromatic rings. The van der Waals surface area contributed by atoms with Gasteiger partial charge in [0.15, 0.2) is 0 Å². The van der Waals surface area contributed by atoms with Gasteiger partial charge in [0, 0.05) is 19.2 Å². The summed E-state index contributed by atoms with van der Waals surface area (Å²) in [5, 5.41) is 0. The maximum Gasteiger partial charge on any atom is 0.242 e. The normalized spacial score (nSPS) is 14.6. The highest BCUT2D eigenvalue weighted by Crippen LogP contribution is 2.25. The number of aromatic nitrogens is 2. The van der Waals surface area contributed by atoms with Gasteiger partial charge in [-0.2, -0.15) is 0 Å². The minimum absolute atomic E-state index is 0.170. The molecule has 1 amide bonds. The summed E-state index contributed by atoms with van der Waals surface area (Å²) in [6, 6.07) is 13.8. The minimum Gasteiger partial charge on any atom is -0.457 e. The first-order valence-electron chi connectivity index (χ1n) is 9.16. The van der Waals surface area contributed by atoms with Gasteiger partial charge in [-0.25, -0.2) is 4.98 Å². The van der Waals surface area contributed by atoms with E-state index in [-0.39, 0.29) is 5.91 Å². The quantitative estimate of drug-likeness (QED) is 0.711. The number of piperidine rings is 1. The van der Waals surface area contributed by atoms with E-state index < -0.39 is 0 Å². The number of imidazole rings is 1. The molecule has 2 aromatic carbocycles. The second-order valence-electron chi connectivity index (χ2n) is 6.88. The van der Waals surface area contributed by atoms with Crippen LogP contribution in [0.15, 0.2) is 48.8 Å². The van der Waals surface area contributed by atoms with Crippen LogP contribution in [0.1, 0.15) is 24.8 Å². The van der Waals surface area contributed by atoms with Gasteiger partial charge in [0.2, 0.25) is 5.91 Å². The van der Waals surface area contributed by atoms with Gasteiger partial charge in [-0.05, 0) is 50.5 Å². The molecule has 0 radical (unpaired) electrons. The van der Waals surface area contributed by atoms with E-state index in [9.17, 15) is 4.79 Å². The van der Waals surface area contributed by atoms with Gasteiger partial charge < -0.3 is 14.2 Å². The van der Waals surface area contributed by atoms with Crippen LogP contribution < -0.4 is 4.74 Å². The number of likely N-dealkylation sites (tertiary alicyclic amines) is 1. The minimum atomic E-state index is 0.170. The molecular weight excluding hydrogens is 326 g/mol. The average molecular weight is 349 g/mol. The van der Waals surface area contributed by atoms with Gasteiger partial charge in [0.25, 0.3) is 0 Å². The molecule has 0 atom stereocenters. The SMILES string of the molecule is Cc1ccc(Oc2ccc3c(c2)ncn3CC(=O)N2CCCCC2)cc1. The lowest BCUT2D eigenvalue weighted by atomic mass is 10.1. The molecule has 134 valence electrons. The monoisotopic (exact) mass is 349 g/mol. The van der Waals surface area contributed by atoms with Crippen LogP contribution in [0.5, 0.6) is 11.5 Å². The zero-order chi connectivity index (χ0) is 17.9. The third-order valence-electron chi connectivity index (χ3n) is 4.86. The van der Waals surface area contributed by atoms with Crippen LogP contribution in [0.25, 0.3) is 11.0 Å². The predicted molar refractivity (Wildman–Crippen MR) is 101 cm³/mol. The summed E-state index contributed by atoms with van der Waals surface area (Å²) in [4.78, 5) is 18.9. The highest BCUT2D eigenvalue weighted by molar-refractivity contribution is 5.81. The molecule has 2 heterocycles. The van der Waals surface area contributed by atoms with E-state index in [1.54, 1.807) is 6.33 Å². The van der Waals surface area contributed by atoms with E-state index in [0.717, 1.165) is 48.5 Å². The maximum absolute atomic E-state index is 12.5. The van der Waals surface area contributed by atoms with Crippen LogP contribution >= 0.6 is 0 Å². The number of aryl methyl sites for hydroxylation is 1. The molecule has 5 nitrogen and oxygen atoms in total. The van der Waals surface area contributed by atoms with Crippen molar-refractivity contribution < 1.29 is 9.53 Å². The van der Waals surface area contributed by atoms with Crippen LogP contribution in [-0.4, -0.2) is 33.4 Å². The Morgan fingerprint density at radius 3 is 2.54 bits per heavy atom. The van der Waals surface area contributed by atoms with E-state index >= 15 is 0 Å². The molecule has 5 heteroatoms. The molecule has 0 bridgehead atoms. The Hall–Kier alpha value is -2.82. The fraction of sp³-hybridized carbons (Fsp3) is 0.333.